The zero-order valence-electron chi connectivity index (χ0n) is 14.9. The first-order chi connectivity index (χ1) is 12.1. The van der Waals surface area contributed by atoms with Crippen LogP contribution in [0.3, 0.4) is 0 Å². The Hall–Kier alpha value is -2.63. The lowest BCUT2D eigenvalue weighted by Gasteiger charge is -2.33. The molecule has 3 rings (SSSR count). The average molecular weight is 344 g/mol. The number of carbonyl (C=O) groups excluding carboxylic acids is 1. The highest BCUT2D eigenvalue weighted by Crippen LogP contribution is 2.27. The van der Waals surface area contributed by atoms with Crippen molar-refractivity contribution in [2.45, 2.75) is 25.8 Å². The Kier molecular flexibility index (Phi) is 5.16. The van der Waals surface area contributed by atoms with Crippen molar-refractivity contribution in [1.82, 2.24) is 4.90 Å². The van der Waals surface area contributed by atoms with E-state index >= 15 is 0 Å². The lowest BCUT2D eigenvalue weighted by molar-refractivity contribution is 0.0681. The highest BCUT2D eigenvalue weighted by molar-refractivity contribution is 5.91. The number of nitrogens with one attached hydrogen (secondary N) is 1. The van der Waals surface area contributed by atoms with Gasteiger partial charge in [0.05, 0.1) is 14.2 Å². The van der Waals surface area contributed by atoms with Crippen LogP contribution in [0.15, 0.2) is 34.7 Å². The standard InChI is InChI=1S/C19H24N2O4/c1-13-6-7-18(25-13)19(22)21-8-4-5-14(12-21)20-15-9-16(23-2)11-17(10-15)24-3/h6-7,9-11,14,20H,4-5,8,12H2,1-3H3. The van der Waals surface area contributed by atoms with Gasteiger partial charge in [-0.15, -0.1) is 0 Å². The zero-order valence-corrected chi connectivity index (χ0v) is 14.9. The van der Waals surface area contributed by atoms with Gasteiger partial charge in [-0.3, -0.25) is 4.79 Å². The SMILES string of the molecule is COc1cc(NC2CCCN(C(=O)c3ccc(C)o3)C2)cc(OC)c1. The third kappa shape index (κ3) is 4.07. The normalized spacial score (nSPS) is 17.2. The smallest absolute Gasteiger partial charge is 0.289 e. The Morgan fingerprint density at radius 3 is 2.52 bits per heavy atom. The number of piperidine rings is 1. The molecule has 0 aliphatic carbocycles. The summed E-state index contributed by atoms with van der Waals surface area (Å²) in [4.78, 5) is 14.4. The molecule has 1 saturated heterocycles. The first kappa shape index (κ1) is 17.2. The van der Waals surface area contributed by atoms with E-state index in [1.54, 1.807) is 20.3 Å². The second-order valence-electron chi connectivity index (χ2n) is 6.25. The molecule has 1 aliphatic rings. The quantitative estimate of drug-likeness (QED) is 0.901. The molecule has 1 aromatic carbocycles. The first-order valence-corrected chi connectivity index (χ1v) is 8.44. The number of hydrogen-bond donors (Lipinski definition) is 1. The first-order valence-electron chi connectivity index (χ1n) is 8.44. The largest absolute Gasteiger partial charge is 0.497 e. The van der Waals surface area contributed by atoms with E-state index in [4.69, 9.17) is 13.9 Å². The molecular weight excluding hydrogens is 320 g/mol. The zero-order chi connectivity index (χ0) is 17.8. The van der Waals surface area contributed by atoms with E-state index in [1.807, 2.05) is 36.1 Å². The van der Waals surface area contributed by atoms with E-state index in [0.29, 0.717) is 12.3 Å². The molecule has 2 heterocycles. The molecule has 134 valence electrons. The fourth-order valence-electron chi connectivity index (χ4n) is 3.11. The van der Waals surface area contributed by atoms with Crippen LogP contribution in [0.25, 0.3) is 0 Å². The number of methoxy groups -OCH3 is 2. The lowest BCUT2D eigenvalue weighted by Crippen LogP contribution is -2.45. The van der Waals surface area contributed by atoms with Crippen molar-refractivity contribution in [3.8, 4) is 11.5 Å². The van der Waals surface area contributed by atoms with Crippen LogP contribution in [0.4, 0.5) is 5.69 Å². The average Bonchev–Trinajstić information content (AvgIpc) is 3.07. The minimum atomic E-state index is -0.0529. The van der Waals surface area contributed by atoms with Crippen molar-refractivity contribution in [3.63, 3.8) is 0 Å². The van der Waals surface area contributed by atoms with E-state index in [2.05, 4.69) is 5.32 Å². The van der Waals surface area contributed by atoms with Crippen LogP contribution in [0.5, 0.6) is 11.5 Å². The number of anilines is 1. The number of hydrogen-bond acceptors (Lipinski definition) is 5. The van der Waals surface area contributed by atoms with Gasteiger partial charge in [0.15, 0.2) is 5.76 Å². The second kappa shape index (κ2) is 7.51. The number of furan rings is 1. The van der Waals surface area contributed by atoms with Crippen LogP contribution in [-0.2, 0) is 0 Å². The van der Waals surface area contributed by atoms with Gasteiger partial charge in [-0.25, -0.2) is 0 Å². The van der Waals surface area contributed by atoms with Gasteiger partial charge in [-0.2, -0.15) is 0 Å². The maximum atomic E-state index is 12.6. The highest BCUT2D eigenvalue weighted by Gasteiger charge is 2.26. The number of rotatable bonds is 5. The molecule has 1 unspecified atom stereocenters. The van der Waals surface area contributed by atoms with Gasteiger partial charge >= 0.3 is 0 Å². The number of aryl methyl sites for hydroxylation is 1. The molecule has 1 fully saturated rings. The number of amides is 1. The summed E-state index contributed by atoms with van der Waals surface area (Å²) < 4.78 is 16.1. The number of carbonyl (C=O) groups is 1. The van der Waals surface area contributed by atoms with Gasteiger partial charge in [0, 0.05) is 43.0 Å². The van der Waals surface area contributed by atoms with E-state index in [9.17, 15) is 4.79 Å². The molecule has 0 bridgehead atoms. The molecule has 0 spiro atoms. The van der Waals surface area contributed by atoms with E-state index in [-0.39, 0.29) is 11.9 Å². The van der Waals surface area contributed by atoms with E-state index in [0.717, 1.165) is 42.3 Å². The van der Waals surface area contributed by atoms with E-state index in [1.165, 1.54) is 0 Å². The van der Waals surface area contributed by atoms with Gasteiger partial charge in [0.25, 0.3) is 5.91 Å². The Labute approximate surface area is 147 Å². The second-order valence-corrected chi connectivity index (χ2v) is 6.25. The van der Waals surface area contributed by atoms with Crippen molar-refractivity contribution < 1.29 is 18.7 Å². The minimum Gasteiger partial charge on any atom is -0.497 e. The summed E-state index contributed by atoms with van der Waals surface area (Å²) >= 11 is 0. The molecule has 6 nitrogen and oxygen atoms in total. The van der Waals surface area contributed by atoms with Gasteiger partial charge in [0.1, 0.15) is 17.3 Å². The Balaban J connectivity index is 1.68. The third-order valence-electron chi connectivity index (χ3n) is 4.38. The van der Waals surface area contributed by atoms with Gasteiger partial charge in [-0.05, 0) is 31.9 Å². The van der Waals surface area contributed by atoms with Crippen molar-refractivity contribution in [2.24, 2.45) is 0 Å². The molecule has 2 aromatic rings. The van der Waals surface area contributed by atoms with Gasteiger partial charge in [-0.1, -0.05) is 0 Å². The predicted octanol–water partition coefficient (Wildman–Crippen LogP) is 3.32. The lowest BCUT2D eigenvalue weighted by atomic mass is 10.0. The molecule has 1 aromatic heterocycles. The fraction of sp³-hybridized carbons (Fsp3) is 0.421. The van der Waals surface area contributed by atoms with Crippen LogP contribution < -0.4 is 14.8 Å². The summed E-state index contributed by atoms with van der Waals surface area (Å²) in [5.74, 6) is 2.57. The van der Waals surface area contributed by atoms with Crippen LogP contribution in [0.1, 0.15) is 29.2 Å². The van der Waals surface area contributed by atoms with Gasteiger partial charge < -0.3 is 24.1 Å². The Morgan fingerprint density at radius 2 is 1.92 bits per heavy atom. The summed E-state index contributed by atoms with van der Waals surface area (Å²) in [5, 5.41) is 3.49. The summed E-state index contributed by atoms with van der Waals surface area (Å²) in [6, 6.07) is 9.42. The predicted molar refractivity (Wildman–Crippen MR) is 95.5 cm³/mol. The highest BCUT2D eigenvalue weighted by atomic mass is 16.5. The van der Waals surface area contributed by atoms with Crippen LogP contribution in [0, 0.1) is 6.92 Å². The molecule has 0 radical (unpaired) electrons. The molecular formula is C19H24N2O4. The Morgan fingerprint density at radius 1 is 1.20 bits per heavy atom. The molecule has 25 heavy (non-hydrogen) atoms. The fourth-order valence-corrected chi connectivity index (χ4v) is 3.11. The number of likely N-dealkylation sites (tertiary alicyclic amines) is 1. The number of nitrogens with zero attached hydrogens (tertiary/aromatic N) is 1. The van der Waals surface area contributed by atoms with Crippen LogP contribution in [-0.4, -0.2) is 44.2 Å². The Bertz CT molecular complexity index is 719. The summed E-state index contributed by atoms with van der Waals surface area (Å²) in [5.41, 5.74) is 0.921. The number of ether oxygens (including phenoxy) is 2. The van der Waals surface area contributed by atoms with Crippen molar-refractivity contribution >= 4 is 11.6 Å². The monoisotopic (exact) mass is 344 g/mol. The molecule has 1 atom stereocenters. The molecule has 6 heteroatoms. The molecule has 1 amide bonds. The van der Waals surface area contributed by atoms with Crippen molar-refractivity contribution in [2.75, 3.05) is 32.6 Å². The van der Waals surface area contributed by atoms with Crippen molar-refractivity contribution in [3.05, 3.63) is 41.9 Å². The van der Waals surface area contributed by atoms with Crippen LogP contribution >= 0.6 is 0 Å². The third-order valence-corrected chi connectivity index (χ3v) is 4.38. The topological polar surface area (TPSA) is 63.9 Å². The van der Waals surface area contributed by atoms with Gasteiger partial charge in [0.2, 0.25) is 0 Å². The van der Waals surface area contributed by atoms with Crippen LogP contribution in [0.2, 0.25) is 0 Å². The maximum absolute atomic E-state index is 12.6. The van der Waals surface area contributed by atoms with E-state index < -0.39 is 0 Å². The van der Waals surface area contributed by atoms with Crippen molar-refractivity contribution in [1.29, 1.82) is 0 Å². The summed E-state index contributed by atoms with van der Waals surface area (Å²) in [7, 11) is 3.26. The molecule has 1 aliphatic heterocycles. The summed E-state index contributed by atoms with van der Waals surface area (Å²) in [6.45, 7) is 3.23. The summed E-state index contributed by atoms with van der Waals surface area (Å²) in [6.07, 6.45) is 1.95. The minimum absolute atomic E-state index is 0.0529. The molecule has 0 saturated carbocycles. The molecule has 1 N–H and O–H groups in total. The maximum Gasteiger partial charge on any atom is 0.289 e. The number of benzene rings is 1.